The molecule has 2 heterocycles. The topological polar surface area (TPSA) is 110 Å². The number of aromatic nitrogens is 2. The predicted molar refractivity (Wildman–Crippen MR) is 116 cm³/mol. The van der Waals surface area contributed by atoms with Crippen molar-refractivity contribution < 1.29 is 35.9 Å². The van der Waals surface area contributed by atoms with Gasteiger partial charge in [-0.3, -0.25) is 9.89 Å². The Morgan fingerprint density at radius 2 is 1.91 bits per heavy atom. The molecule has 2 aromatic carbocycles. The van der Waals surface area contributed by atoms with Crippen LogP contribution in [0, 0.1) is 0 Å². The van der Waals surface area contributed by atoms with Gasteiger partial charge < -0.3 is 14.8 Å². The molecular formula is C22H20F3N3O5S. The van der Waals surface area contributed by atoms with E-state index >= 15 is 0 Å². The van der Waals surface area contributed by atoms with Crippen molar-refractivity contribution in [3.8, 4) is 11.5 Å². The monoisotopic (exact) mass is 495 g/mol. The Morgan fingerprint density at radius 1 is 1.15 bits per heavy atom. The summed E-state index contributed by atoms with van der Waals surface area (Å²) in [6, 6.07) is 7.72. The summed E-state index contributed by atoms with van der Waals surface area (Å²) >= 11 is 0. The molecule has 0 saturated heterocycles. The Balaban J connectivity index is 1.61. The third kappa shape index (κ3) is 4.72. The first kappa shape index (κ1) is 23.6. The van der Waals surface area contributed by atoms with E-state index in [9.17, 15) is 26.4 Å². The number of H-pyrrole nitrogens is 1. The van der Waals surface area contributed by atoms with Crippen LogP contribution in [0.1, 0.15) is 34.6 Å². The Bertz CT molecular complexity index is 1350. The zero-order valence-corrected chi connectivity index (χ0v) is 18.9. The van der Waals surface area contributed by atoms with Gasteiger partial charge >= 0.3 is 6.18 Å². The number of ether oxygens (including phenoxy) is 2. The average Bonchev–Trinajstić information content (AvgIpc) is 3.24. The average molecular weight is 495 g/mol. The number of fused-ring (bicyclic) bond motifs is 1. The molecule has 2 N–H and O–H groups in total. The van der Waals surface area contributed by atoms with Gasteiger partial charge in [-0.1, -0.05) is 12.1 Å². The molecular weight excluding hydrogens is 475 g/mol. The second-order valence-corrected chi connectivity index (χ2v) is 9.81. The number of anilines is 1. The van der Waals surface area contributed by atoms with E-state index in [2.05, 4.69) is 15.5 Å². The minimum Gasteiger partial charge on any atom is -0.493 e. The summed E-state index contributed by atoms with van der Waals surface area (Å²) in [5.41, 5.74) is 0.232. The van der Waals surface area contributed by atoms with Crippen LogP contribution in [-0.4, -0.2) is 37.9 Å². The molecule has 4 rings (SSSR count). The highest BCUT2D eigenvalue weighted by molar-refractivity contribution is 7.90. The van der Waals surface area contributed by atoms with E-state index in [1.807, 2.05) is 0 Å². The summed E-state index contributed by atoms with van der Waals surface area (Å²) < 4.78 is 75.0. The lowest BCUT2D eigenvalue weighted by Gasteiger charge is -2.23. The van der Waals surface area contributed by atoms with E-state index in [1.165, 1.54) is 7.11 Å². The van der Waals surface area contributed by atoms with Gasteiger partial charge in [0.25, 0.3) is 0 Å². The van der Waals surface area contributed by atoms with Crippen molar-refractivity contribution in [1.29, 1.82) is 0 Å². The highest BCUT2D eigenvalue weighted by Gasteiger charge is 2.35. The van der Waals surface area contributed by atoms with Gasteiger partial charge in [0.15, 0.2) is 21.3 Å². The lowest BCUT2D eigenvalue weighted by atomic mass is 9.87. The number of hydrogen-bond acceptors (Lipinski definition) is 6. The number of carbonyl (C=O) groups excluding carboxylic acids is 1. The molecule has 0 saturated carbocycles. The first-order valence-corrected chi connectivity index (χ1v) is 11.9. The van der Waals surface area contributed by atoms with Crippen molar-refractivity contribution in [3.05, 3.63) is 64.8 Å². The minimum atomic E-state index is -4.77. The van der Waals surface area contributed by atoms with Gasteiger partial charge in [-0.2, -0.15) is 18.3 Å². The van der Waals surface area contributed by atoms with Gasteiger partial charge in [0.05, 0.1) is 23.8 Å². The van der Waals surface area contributed by atoms with Crippen LogP contribution in [0.2, 0.25) is 0 Å². The van der Waals surface area contributed by atoms with Gasteiger partial charge in [0.2, 0.25) is 5.91 Å². The van der Waals surface area contributed by atoms with Crippen molar-refractivity contribution in [2.45, 2.75) is 30.0 Å². The summed E-state index contributed by atoms with van der Waals surface area (Å²) in [5.74, 6) is 0.510. The van der Waals surface area contributed by atoms with Crippen LogP contribution < -0.4 is 14.8 Å². The van der Waals surface area contributed by atoms with Crippen LogP contribution in [0.3, 0.4) is 0 Å². The molecule has 1 amide bonds. The fourth-order valence-corrected chi connectivity index (χ4v) is 4.44. The molecule has 1 atom stereocenters. The fraction of sp³-hybridized carbons (Fsp3) is 0.273. The Labute approximate surface area is 193 Å². The number of carbonyl (C=O) groups is 1. The maximum atomic E-state index is 13.6. The SMILES string of the molecule is COc1cc(C2CC(=O)Nc3[nH]ncc32)ccc1OCc1ccc(S(C)(=O)=O)cc1C(F)(F)F. The third-order valence-corrected chi connectivity index (χ3v) is 6.60. The minimum absolute atomic E-state index is 0.182. The smallest absolute Gasteiger partial charge is 0.416 e. The van der Waals surface area contributed by atoms with Crippen molar-refractivity contribution in [1.82, 2.24) is 10.2 Å². The highest BCUT2D eigenvalue weighted by Crippen LogP contribution is 2.40. The number of alkyl halides is 3. The molecule has 12 heteroatoms. The Hall–Kier alpha value is -3.54. The number of nitrogens with zero attached hydrogens (tertiary/aromatic N) is 1. The summed E-state index contributed by atoms with van der Waals surface area (Å²) in [6.45, 7) is -0.466. The molecule has 0 bridgehead atoms. The molecule has 180 valence electrons. The zero-order chi connectivity index (χ0) is 24.7. The highest BCUT2D eigenvalue weighted by atomic mass is 32.2. The molecule has 0 radical (unpaired) electrons. The summed E-state index contributed by atoms with van der Waals surface area (Å²) in [4.78, 5) is 11.6. The fourth-order valence-electron chi connectivity index (χ4n) is 3.79. The van der Waals surface area contributed by atoms with Gasteiger partial charge in [0.1, 0.15) is 12.4 Å². The lowest BCUT2D eigenvalue weighted by Crippen LogP contribution is -2.23. The van der Waals surface area contributed by atoms with Gasteiger partial charge in [-0.05, 0) is 29.8 Å². The molecule has 1 aliphatic rings. The van der Waals surface area contributed by atoms with Crippen molar-refractivity contribution in [2.24, 2.45) is 0 Å². The van der Waals surface area contributed by atoms with Gasteiger partial charge in [-0.25, -0.2) is 8.42 Å². The number of halogens is 3. The largest absolute Gasteiger partial charge is 0.493 e. The summed E-state index contributed by atoms with van der Waals surface area (Å²) in [7, 11) is -2.42. The molecule has 8 nitrogen and oxygen atoms in total. The Kier molecular flexibility index (Phi) is 6.02. The number of aromatic amines is 1. The van der Waals surface area contributed by atoms with Gasteiger partial charge in [0, 0.05) is 29.7 Å². The van der Waals surface area contributed by atoms with Crippen LogP contribution in [0.25, 0.3) is 0 Å². The number of nitrogens with one attached hydrogen (secondary N) is 2. The molecule has 3 aromatic rings. The van der Waals surface area contributed by atoms with Gasteiger partial charge in [-0.15, -0.1) is 0 Å². The standard InChI is InChI=1S/C22H20F3N3O5S/c1-32-19-7-12(15-9-20(29)27-21-16(15)10-26-28-21)4-6-18(19)33-11-13-3-5-14(34(2,30)31)8-17(13)22(23,24)25/h3-8,10,15H,9,11H2,1-2H3,(H2,26,27,28,29). The second kappa shape index (κ2) is 8.67. The number of benzene rings is 2. The van der Waals surface area contributed by atoms with E-state index in [1.54, 1.807) is 24.4 Å². The molecule has 0 fully saturated rings. The number of sulfone groups is 1. The van der Waals surface area contributed by atoms with Crippen LogP contribution in [0.4, 0.5) is 19.0 Å². The van der Waals surface area contributed by atoms with E-state index in [0.29, 0.717) is 11.9 Å². The number of rotatable bonds is 6. The zero-order valence-electron chi connectivity index (χ0n) is 18.1. The number of amides is 1. The van der Waals surface area contributed by atoms with Crippen molar-refractivity contribution in [3.63, 3.8) is 0 Å². The van der Waals surface area contributed by atoms with Crippen molar-refractivity contribution >= 4 is 21.6 Å². The normalized spacial score (nSPS) is 16.0. The van der Waals surface area contributed by atoms with E-state index in [0.717, 1.165) is 29.5 Å². The second-order valence-electron chi connectivity index (χ2n) is 7.79. The maximum absolute atomic E-state index is 13.6. The van der Waals surface area contributed by atoms with Crippen LogP contribution in [0.5, 0.6) is 11.5 Å². The first-order valence-electron chi connectivity index (χ1n) is 10.0. The Morgan fingerprint density at radius 3 is 2.59 bits per heavy atom. The molecule has 0 spiro atoms. The summed E-state index contributed by atoms with van der Waals surface area (Å²) in [5, 5.41) is 9.40. The van der Waals surface area contributed by atoms with Crippen LogP contribution in [0.15, 0.2) is 47.5 Å². The van der Waals surface area contributed by atoms with E-state index in [4.69, 9.17) is 9.47 Å². The third-order valence-electron chi connectivity index (χ3n) is 5.49. The quantitative estimate of drug-likeness (QED) is 0.537. The van der Waals surface area contributed by atoms with Crippen LogP contribution in [-0.2, 0) is 27.4 Å². The number of hydrogen-bond donors (Lipinski definition) is 2. The number of methoxy groups -OCH3 is 1. The lowest BCUT2D eigenvalue weighted by molar-refractivity contribution is -0.138. The summed E-state index contributed by atoms with van der Waals surface area (Å²) in [6.07, 6.45) is -2.11. The first-order chi connectivity index (χ1) is 16.0. The molecule has 1 unspecified atom stereocenters. The molecule has 34 heavy (non-hydrogen) atoms. The molecule has 0 aliphatic carbocycles. The molecule has 1 aliphatic heterocycles. The van der Waals surface area contributed by atoms with E-state index < -0.39 is 33.1 Å². The predicted octanol–water partition coefficient (Wildman–Crippen LogP) is 3.89. The van der Waals surface area contributed by atoms with Crippen molar-refractivity contribution in [2.75, 3.05) is 18.7 Å². The van der Waals surface area contributed by atoms with Crippen LogP contribution >= 0.6 is 0 Å². The molecule has 1 aromatic heterocycles. The maximum Gasteiger partial charge on any atom is 0.416 e. The van der Waals surface area contributed by atoms with E-state index in [-0.39, 0.29) is 35.3 Å².